The summed E-state index contributed by atoms with van der Waals surface area (Å²) in [6, 6.07) is 0. The Morgan fingerprint density at radius 2 is 1.18 bits per heavy atom. The van der Waals surface area contributed by atoms with Gasteiger partial charge in [0.2, 0.25) is 0 Å². The van der Waals surface area contributed by atoms with E-state index in [0.717, 1.165) is 0 Å². The maximum atomic E-state index is 5.11. The first-order chi connectivity index (χ1) is 4.97. The second-order valence-electron chi connectivity index (χ2n) is 2.17. The van der Waals surface area contributed by atoms with Crippen LogP contribution in [-0.2, 0) is 0 Å². The van der Waals surface area contributed by atoms with E-state index in [2.05, 4.69) is 0 Å². The molecule has 0 spiro atoms. The van der Waals surface area contributed by atoms with Gasteiger partial charge in [0, 0.05) is 0 Å². The Labute approximate surface area is 68.9 Å². The van der Waals surface area contributed by atoms with Crippen LogP contribution < -0.4 is 17.2 Å². The van der Waals surface area contributed by atoms with Gasteiger partial charge in [-0.15, -0.1) is 0 Å². The molecule has 0 aliphatic rings. The largest absolute Gasteiger partial charge is 0.298 e. The van der Waals surface area contributed by atoms with Gasteiger partial charge >= 0.3 is 0 Å². The van der Waals surface area contributed by atoms with Crippen LogP contribution in [0.4, 0.5) is 0 Å². The average Bonchev–Trinajstić information content (AvgIpc) is 1.86. The van der Waals surface area contributed by atoms with E-state index >= 15 is 0 Å². The van der Waals surface area contributed by atoms with E-state index in [9.17, 15) is 0 Å². The molecule has 0 atom stereocenters. The molecule has 0 bridgehead atoms. The van der Waals surface area contributed by atoms with Crippen LogP contribution in [0.3, 0.4) is 0 Å². The summed E-state index contributed by atoms with van der Waals surface area (Å²) >= 11 is 0. The smallest absolute Gasteiger partial charge is 0.135 e. The minimum Gasteiger partial charge on any atom is -0.298 e. The molecule has 0 radical (unpaired) electrons. The van der Waals surface area contributed by atoms with Crippen molar-refractivity contribution in [1.82, 2.24) is 0 Å². The molecule has 0 saturated heterocycles. The highest BCUT2D eigenvalue weighted by Gasteiger charge is 2.01. The monoisotopic (exact) mass is 157 g/mol. The van der Waals surface area contributed by atoms with Gasteiger partial charge < -0.3 is 0 Å². The molecular weight excluding hydrogens is 138 g/mol. The van der Waals surface area contributed by atoms with Gasteiger partial charge in [-0.3, -0.25) is 17.2 Å². The second-order valence-corrected chi connectivity index (χ2v) is 2.17. The molecule has 0 aromatic rings. The van der Waals surface area contributed by atoms with Gasteiger partial charge in [-0.05, 0) is 26.8 Å². The van der Waals surface area contributed by atoms with E-state index in [4.69, 9.17) is 17.2 Å². The van der Waals surface area contributed by atoms with Gasteiger partial charge in [-0.1, -0.05) is 18.2 Å². The number of hydrogen-bond donors (Lipinski definition) is 3. The molecule has 11 heavy (non-hydrogen) atoms. The number of hydrogen-bond acceptors (Lipinski definition) is 3. The molecule has 0 aromatic heterocycles. The molecular formula is C8H19N3. The van der Waals surface area contributed by atoms with Crippen molar-refractivity contribution >= 4 is 0 Å². The van der Waals surface area contributed by atoms with Crippen LogP contribution in [0, 0.1) is 0 Å². The maximum Gasteiger partial charge on any atom is 0.135 e. The summed E-state index contributed by atoms with van der Waals surface area (Å²) in [5.74, 6) is -1.13. The van der Waals surface area contributed by atoms with E-state index in [1.165, 1.54) is 6.08 Å². The van der Waals surface area contributed by atoms with Crippen molar-refractivity contribution in [2.75, 3.05) is 0 Å². The molecule has 0 fully saturated rings. The maximum absolute atomic E-state index is 5.11. The van der Waals surface area contributed by atoms with Crippen molar-refractivity contribution in [2.45, 2.75) is 26.6 Å². The van der Waals surface area contributed by atoms with Crippen LogP contribution in [0.1, 0.15) is 20.8 Å². The Morgan fingerprint density at radius 3 is 1.18 bits per heavy atom. The lowest BCUT2D eigenvalue weighted by molar-refractivity contribution is 0.582. The van der Waals surface area contributed by atoms with Gasteiger partial charge in [0.1, 0.15) is 5.79 Å². The molecule has 3 nitrogen and oxygen atoms in total. The van der Waals surface area contributed by atoms with Crippen LogP contribution in [0.5, 0.6) is 0 Å². The molecule has 6 N–H and O–H groups in total. The first kappa shape index (κ1) is 13.0. The zero-order valence-electron chi connectivity index (χ0n) is 7.54. The summed E-state index contributed by atoms with van der Waals surface area (Å²) in [6.45, 7) is 5.81. The predicted molar refractivity (Wildman–Crippen MR) is 50.6 cm³/mol. The summed E-state index contributed by atoms with van der Waals surface area (Å²) in [6.07, 6.45) is 7.23. The summed E-state index contributed by atoms with van der Waals surface area (Å²) in [5, 5.41) is 0. The Bertz CT molecular complexity index is 116. The molecule has 0 aliphatic carbocycles. The minimum atomic E-state index is -1.13. The quantitative estimate of drug-likeness (QED) is 0.387. The van der Waals surface area contributed by atoms with Crippen molar-refractivity contribution in [2.24, 2.45) is 17.2 Å². The molecule has 0 rings (SSSR count). The van der Waals surface area contributed by atoms with E-state index in [-0.39, 0.29) is 0 Å². The first-order valence-electron chi connectivity index (χ1n) is 3.55. The molecule has 0 saturated carbocycles. The average molecular weight is 157 g/mol. The lowest BCUT2D eigenvalue weighted by Gasteiger charge is -2.10. The first-order valence-corrected chi connectivity index (χ1v) is 3.55. The third-order valence-corrected chi connectivity index (χ3v) is 0.789. The summed E-state index contributed by atoms with van der Waals surface area (Å²) in [7, 11) is 0. The van der Waals surface area contributed by atoms with Crippen LogP contribution in [0.2, 0.25) is 0 Å². The van der Waals surface area contributed by atoms with E-state index < -0.39 is 5.79 Å². The summed E-state index contributed by atoms with van der Waals surface area (Å²) in [5.41, 5.74) is 15.3. The van der Waals surface area contributed by atoms with Crippen molar-refractivity contribution in [3.63, 3.8) is 0 Å². The zero-order chi connectivity index (χ0) is 9.33. The second kappa shape index (κ2) is 7.47. The highest BCUT2D eigenvalue weighted by Crippen LogP contribution is 1.77. The molecule has 0 aromatic carbocycles. The van der Waals surface area contributed by atoms with Gasteiger partial charge in [-0.2, -0.15) is 0 Å². The van der Waals surface area contributed by atoms with Crippen molar-refractivity contribution < 1.29 is 0 Å². The van der Waals surface area contributed by atoms with E-state index in [1.807, 2.05) is 26.0 Å². The number of allylic oxidation sites excluding steroid dienone is 3. The summed E-state index contributed by atoms with van der Waals surface area (Å²) < 4.78 is 0. The van der Waals surface area contributed by atoms with Crippen LogP contribution in [0.15, 0.2) is 24.3 Å². The minimum absolute atomic E-state index is 1.13. The zero-order valence-corrected chi connectivity index (χ0v) is 7.54. The van der Waals surface area contributed by atoms with E-state index in [1.54, 1.807) is 13.0 Å². The highest BCUT2D eigenvalue weighted by molar-refractivity contribution is 4.94. The molecule has 3 heteroatoms. The number of nitrogens with two attached hydrogens (primary N) is 3. The molecule has 0 aliphatic heterocycles. The number of rotatable bonds is 1. The Balaban J connectivity index is 0. The standard InChI is InChI=1S/C4H11N3.C4H8/c1-2-3-4(5,6)7;1-3-4-2/h2-3H,5-7H2,1H3;3-4H,1-2H3. The summed E-state index contributed by atoms with van der Waals surface area (Å²) in [4.78, 5) is 0. The predicted octanol–water partition coefficient (Wildman–Crippen LogP) is 0.675. The van der Waals surface area contributed by atoms with Gasteiger partial charge in [0.15, 0.2) is 0 Å². The SMILES string of the molecule is CC=CC.CC=CC(N)(N)N. The van der Waals surface area contributed by atoms with Crippen LogP contribution in [-0.4, -0.2) is 5.79 Å². The lowest BCUT2D eigenvalue weighted by Crippen LogP contribution is -2.55. The fraction of sp³-hybridized carbons (Fsp3) is 0.500. The molecule has 0 unspecified atom stereocenters. The Kier molecular flexibility index (Phi) is 8.82. The van der Waals surface area contributed by atoms with Crippen molar-refractivity contribution in [3.8, 4) is 0 Å². The van der Waals surface area contributed by atoms with Gasteiger partial charge in [-0.25, -0.2) is 0 Å². The fourth-order valence-electron chi connectivity index (χ4n) is 0.289. The van der Waals surface area contributed by atoms with E-state index in [0.29, 0.717) is 0 Å². The Hall–Kier alpha value is -0.640. The van der Waals surface area contributed by atoms with Crippen LogP contribution in [0.25, 0.3) is 0 Å². The van der Waals surface area contributed by atoms with Gasteiger partial charge in [0.05, 0.1) is 0 Å². The highest BCUT2D eigenvalue weighted by atomic mass is 15.1. The third kappa shape index (κ3) is 26.7. The molecule has 0 amide bonds. The van der Waals surface area contributed by atoms with Gasteiger partial charge in [0.25, 0.3) is 0 Å². The normalized spacial score (nSPS) is 11.8. The van der Waals surface area contributed by atoms with Crippen molar-refractivity contribution in [1.29, 1.82) is 0 Å². The topological polar surface area (TPSA) is 78.1 Å². The Morgan fingerprint density at radius 1 is 0.818 bits per heavy atom. The van der Waals surface area contributed by atoms with Crippen molar-refractivity contribution in [3.05, 3.63) is 24.3 Å². The fourth-order valence-corrected chi connectivity index (χ4v) is 0.289. The third-order valence-electron chi connectivity index (χ3n) is 0.789. The van der Waals surface area contributed by atoms with Crippen LogP contribution >= 0.6 is 0 Å². The molecule has 66 valence electrons. The lowest BCUT2D eigenvalue weighted by atomic mass is 10.4. The molecule has 0 heterocycles.